The Morgan fingerprint density at radius 3 is 2.86 bits per heavy atom. The van der Waals surface area contributed by atoms with E-state index in [1.165, 1.54) is 13.2 Å². The van der Waals surface area contributed by atoms with Gasteiger partial charge in [-0.05, 0) is 24.4 Å². The quantitative estimate of drug-likeness (QED) is 0.499. The Balaban J connectivity index is 2.47. The molecule has 9 heteroatoms. The number of H-pyrrole nitrogens is 1. The fourth-order valence-electron chi connectivity index (χ4n) is 1.90. The summed E-state index contributed by atoms with van der Waals surface area (Å²) in [5.74, 6) is 0.745. The molecule has 0 amide bonds. The average Bonchev–Trinajstić information content (AvgIpc) is 2.85. The van der Waals surface area contributed by atoms with Crippen LogP contribution in [0.4, 0.5) is 5.69 Å². The van der Waals surface area contributed by atoms with E-state index in [2.05, 4.69) is 10.2 Å². The summed E-state index contributed by atoms with van der Waals surface area (Å²) in [6.07, 6.45) is 0. The van der Waals surface area contributed by atoms with Crippen molar-refractivity contribution in [2.24, 2.45) is 0 Å². The maximum atomic E-state index is 10.9. The second-order valence-corrected chi connectivity index (χ2v) is 4.53. The fraction of sp³-hybridized carbons (Fsp3) is 0.333. The zero-order valence-electron chi connectivity index (χ0n) is 11.5. The van der Waals surface area contributed by atoms with Crippen molar-refractivity contribution in [2.45, 2.75) is 6.54 Å². The van der Waals surface area contributed by atoms with Gasteiger partial charge in [0.05, 0.1) is 25.2 Å². The molecule has 0 aliphatic rings. The summed E-state index contributed by atoms with van der Waals surface area (Å²) in [5, 5.41) is 17.8. The van der Waals surface area contributed by atoms with Crippen molar-refractivity contribution in [3.8, 4) is 17.1 Å². The summed E-state index contributed by atoms with van der Waals surface area (Å²) in [6, 6.07) is 4.55. The predicted molar refractivity (Wildman–Crippen MR) is 77.9 cm³/mol. The van der Waals surface area contributed by atoms with Crippen molar-refractivity contribution in [3.63, 3.8) is 0 Å². The largest absolute Gasteiger partial charge is 0.490 e. The zero-order valence-corrected chi connectivity index (χ0v) is 12.3. The monoisotopic (exact) mass is 310 g/mol. The normalized spacial score (nSPS) is 10.6. The number of hydrogen-bond acceptors (Lipinski definition) is 6. The van der Waals surface area contributed by atoms with Crippen LogP contribution in [-0.2, 0) is 11.3 Å². The molecule has 0 bridgehead atoms. The summed E-state index contributed by atoms with van der Waals surface area (Å²) in [5.41, 5.74) is 0.569. The first-order chi connectivity index (χ1) is 10.1. The van der Waals surface area contributed by atoms with Crippen molar-refractivity contribution < 1.29 is 14.4 Å². The van der Waals surface area contributed by atoms with E-state index in [1.54, 1.807) is 23.8 Å². The molecule has 0 aliphatic heterocycles. The van der Waals surface area contributed by atoms with Crippen molar-refractivity contribution in [1.29, 1.82) is 0 Å². The van der Waals surface area contributed by atoms with Gasteiger partial charge in [0.25, 0.3) is 0 Å². The molecule has 0 saturated carbocycles. The number of aromatic nitrogens is 3. The predicted octanol–water partition coefficient (Wildman–Crippen LogP) is 2.17. The number of hydrogen-bond donors (Lipinski definition) is 1. The maximum absolute atomic E-state index is 10.9. The van der Waals surface area contributed by atoms with E-state index in [0.717, 1.165) is 0 Å². The van der Waals surface area contributed by atoms with Crippen molar-refractivity contribution >= 4 is 17.9 Å². The molecule has 112 valence electrons. The SMILES string of the molecule is COCCn1c(-c2ccc([N+](=O)[O-])c(OC)c2)n[nH]c1=S. The summed E-state index contributed by atoms with van der Waals surface area (Å²) < 4.78 is 12.3. The number of aromatic amines is 1. The second-order valence-electron chi connectivity index (χ2n) is 4.14. The van der Waals surface area contributed by atoms with E-state index in [9.17, 15) is 10.1 Å². The minimum atomic E-state index is -0.495. The van der Waals surface area contributed by atoms with Gasteiger partial charge in [0.1, 0.15) is 0 Å². The molecule has 0 radical (unpaired) electrons. The molecule has 0 atom stereocenters. The highest BCUT2D eigenvalue weighted by molar-refractivity contribution is 7.71. The number of nitrogens with one attached hydrogen (secondary N) is 1. The van der Waals surface area contributed by atoms with Gasteiger partial charge >= 0.3 is 5.69 Å². The summed E-state index contributed by atoms with van der Waals surface area (Å²) in [4.78, 5) is 10.4. The Labute approximate surface area is 125 Å². The molecular formula is C12H14N4O4S. The van der Waals surface area contributed by atoms with E-state index >= 15 is 0 Å². The van der Waals surface area contributed by atoms with E-state index in [4.69, 9.17) is 21.7 Å². The zero-order chi connectivity index (χ0) is 15.4. The van der Waals surface area contributed by atoms with Crippen LogP contribution in [0.1, 0.15) is 0 Å². The lowest BCUT2D eigenvalue weighted by Crippen LogP contribution is -2.06. The van der Waals surface area contributed by atoms with Gasteiger partial charge in [0.2, 0.25) is 0 Å². The molecule has 0 saturated heterocycles. The average molecular weight is 310 g/mol. The van der Waals surface area contributed by atoms with Gasteiger partial charge in [0.15, 0.2) is 16.3 Å². The first-order valence-corrected chi connectivity index (χ1v) is 6.46. The Morgan fingerprint density at radius 2 is 2.24 bits per heavy atom. The van der Waals surface area contributed by atoms with Crippen molar-refractivity contribution in [2.75, 3.05) is 20.8 Å². The molecule has 0 spiro atoms. The third-order valence-electron chi connectivity index (χ3n) is 2.91. The Bertz CT molecular complexity index is 710. The fourth-order valence-corrected chi connectivity index (χ4v) is 2.12. The topological polar surface area (TPSA) is 95.2 Å². The summed E-state index contributed by atoms with van der Waals surface area (Å²) in [6.45, 7) is 1.01. The van der Waals surface area contributed by atoms with Crippen LogP contribution >= 0.6 is 12.2 Å². The molecule has 1 aromatic heterocycles. The molecule has 1 heterocycles. The third-order valence-corrected chi connectivity index (χ3v) is 3.22. The third kappa shape index (κ3) is 3.09. The molecule has 1 aromatic carbocycles. The van der Waals surface area contributed by atoms with E-state index in [-0.39, 0.29) is 11.4 Å². The Kier molecular flexibility index (Phi) is 4.66. The van der Waals surface area contributed by atoms with Crippen LogP contribution in [0.15, 0.2) is 18.2 Å². The van der Waals surface area contributed by atoms with Crippen LogP contribution in [0.25, 0.3) is 11.4 Å². The smallest absolute Gasteiger partial charge is 0.310 e. The van der Waals surface area contributed by atoms with Gasteiger partial charge < -0.3 is 9.47 Å². The van der Waals surface area contributed by atoms with E-state index in [0.29, 0.717) is 29.3 Å². The van der Waals surface area contributed by atoms with Crippen LogP contribution in [-0.4, -0.2) is 40.5 Å². The van der Waals surface area contributed by atoms with E-state index in [1.807, 2.05) is 0 Å². The van der Waals surface area contributed by atoms with Crippen molar-refractivity contribution in [1.82, 2.24) is 14.8 Å². The van der Waals surface area contributed by atoms with Crippen molar-refractivity contribution in [3.05, 3.63) is 33.1 Å². The van der Waals surface area contributed by atoms with Gasteiger partial charge in [-0.3, -0.25) is 19.8 Å². The van der Waals surface area contributed by atoms with Crippen LogP contribution in [0.3, 0.4) is 0 Å². The minimum absolute atomic E-state index is 0.0983. The summed E-state index contributed by atoms with van der Waals surface area (Å²) in [7, 11) is 2.98. The molecule has 8 nitrogen and oxygen atoms in total. The highest BCUT2D eigenvalue weighted by atomic mass is 32.1. The molecule has 0 unspecified atom stereocenters. The molecule has 21 heavy (non-hydrogen) atoms. The lowest BCUT2D eigenvalue weighted by molar-refractivity contribution is -0.385. The van der Waals surface area contributed by atoms with E-state index < -0.39 is 4.92 Å². The van der Waals surface area contributed by atoms with Crippen LogP contribution in [0.2, 0.25) is 0 Å². The van der Waals surface area contributed by atoms with Gasteiger partial charge in [-0.1, -0.05) is 0 Å². The number of nitro groups is 1. The number of rotatable bonds is 6. The molecule has 0 fully saturated rings. The number of nitrogens with zero attached hydrogens (tertiary/aromatic N) is 3. The van der Waals surface area contributed by atoms with Crippen LogP contribution in [0, 0.1) is 14.9 Å². The number of nitro benzene ring substituents is 1. The highest BCUT2D eigenvalue weighted by Gasteiger charge is 2.17. The number of methoxy groups -OCH3 is 2. The standard InChI is InChI=1S/C12H14N4O4S/c1-19-6-5-15-11(13-14-12(15)21)8-3-4-9(16(17)18)10(7-8)20-2/h3-4,7H,5-6H2,1-2H3,(H,14,21). The van der Waals surface area contributed by atoms with Gasteiger partial charge in [0, 0.05) is 18.7 Å². The molecule has 1 N–H and O–H groups in total. The van der Waals surface area contributed by atoms with Gasteiger partial charge in [-0.2, -0.15) is 5.10 Å². The second kappa shape index (κ2) is 6.46. The minimum Gasteiger partial charge on any atom is -0.490 e. The van der Waals surface area contributed by atoms with Crippen LogP contribution < -0.4 is 4.74 Å². The lowest BCUT2D eigenvalue weighted by Gasteiger charge is -2.08. The summed E-state index contributed by atoms with van der Waals surface area (Å²) >= 11 is 5.16. The van der Waals surface area contributed by atoms with Crippen LogP contribution in [0.5, 0.6) is 5.75 Å². The molecule has 0 aliphatic carbocycles. The first-order valence-electron chi connectivity index (χ1n) is 6.05. The van der Waals surface area contributed by atoms with Gasteiger partial charge in [-0.25, -0.2) is 0 Å². The highest BCUT2D eigenvalue weighted by Crippen LogP contribution is 2.31. The molecule has 2 rings (SSSR count). The molecule has 2 aromatic rings. The lowest BCUT2D eigenvalue weighted by atomic mass is 10.1. The Hall–Kier alpha value is -2.26. The first kappa shape index (κ1) is 15.1. The number of ether oxygens (including phenoxy) is 2. The molecular weight excluding hydrogens is 296 g/mol. The Morgan fingerprint density at radius 1 is 1.48 bits per heavy atom. The number of benzene rings is 1. The van der Waals surface area contributed by atoms with Gasteiger partial charge in [-0.15, -0.1) is 0 Å². The maximum Gasteiger partial charge on any atom is 0.310 e.